The first-order valence-corrected chi connectivity index (χ1v) is 5.90. The summed E-state index contributed by atoms with van der Waals surface area (Å²) in [5.41, 5.74) is 7.51. The second-order valence-electron chi connectivity index (χ2n) is 3.60. The van der Waals surface area contributed by atoms with Crippen LogP contribution < -0.4 is 10.5 Å². The summed E-state index contributed by atoms with van der Waals surface area (Å²) in [6.45, 7) is 2.30. The third kappa shape index (κ3) is 2.94. The van der Waals surface area contributed by atoms with Crippen LogP contribution in [0.25, 0.3) is 0 Å². The fourth-order valence-electron chi connectivity index (χ4n) is 1.32. The van der Waals surface area contributed by atoms with Crippen molar-refractivity contribution < 1.29 is 4.74 Å². The lowest BCUT2D eigenvalue weighted by molar-refractivity contribution is 0.291. The van der Waals surface area contributed by atoms with Crippen molar-refractivity contribution in [2.24, 2.45) is 0 Å². The molecule has 0 saturated carbocycles. The van der Waals surface area contributed by atoms with Gasteiger partial charge < -0.3 is 10.5 Å². The van der Waals surface area contributed by atoms with Gasteiger partial charge in [0.05, 0.1) is 5.56 Å². The van der Waals surface area contributed by atoms with E-state index < -0.39 is 0 Å². The number of halogens is 1. The summed E-state index contributed by atoms with van der Waals surface area (Å²) < 4.78 is 6.64. The third-order valence-corrected chi connectivity index (χ3v) is 2.89. The van der Waals surface area contributed by atoms with Crippen molar-refractivity contribution in [1.29, 1.82) is 0 Å². The number of rotatable bonds is 3. The molecule has 88 valence electrons. The molecule has 1 aromatic heterocycles. The zero-order valence-electron chi connectivity index (χ0n) is 9.35. The SMILES string of the molecule is Cc1c(N)ncnc1OCc1ccc(Br)cc1. The zero-order chi connectivity index (χ0) is 12.3. The maximum Gasteiger partial charge on any atom is 0.221 e. The van der Waals surface area contributed by atoms with E-state index in [1.165, 1.54) is 6.33 Å². The summed E-state index contributed by atoms with van der Waals surface area (Å²) in [5.74, 6) is 0.978. The van der Waals surface area contributed by atoms with E-state index >= 15 is 0 Å². The minimum atomic E-state index is 0.450. The van der Waals surface area contributed by atoms with Crippen LogP contribution in [0.4, 0.5) is 5.82 Å². The maximum absolute atomic E-state index is 5.67. The molecule has 4 nitrogen and oxygen atoms in total. The molecule has 2 rings (SSSR count). The van der Waals surface area contributed by atoms with Crippen molar-refractivity contribution in [2.45, 2.75) is 13.5 Å². The fourth-order valence-corrected chi connectivity index (χ4v) is 1.59. The van der Waals surface area contributed by atoms with Gasteiger partial charge >= 0.3 is 0 Å². The molecule has 2 aromatic rings. The minimum absolute atomic E-state index is 0.450. The van der Waals surface area contributed by atoms with E-state index in [1.807, 2.05) is 31.2 Å². The van der Waals surface area contributed by atoms with Crippen molar-refractivity contribution in [2.75, 3.05) is 5.73 Å². The average Bonchev–Trinajstić information content (AvgIpc) is 2.33. The van der Waals surface area contributed by atoms with E-state index in [2.05, 4.69) is 25.9 Å². The van der Waals surface area contributed by atoms with Crippen molar-refractivity contribution >= 4 is 21.7 Å². The second kappa shape index (κ2) is 5.14. The van der Waals surface area contributed by atoms with Crippen molar-refractivity contribution in [3.63, 3.8) is 0 Å². The Hall–Kier alpha value is -1.62. The van der Waals surface area contributed by atoms with Gasteiger partial charge in [0.25, 0.3) is 0 Å². The number of anilines is 1. The van der Waals surface area contributed by atoms with Gasteiger partial charge in [0, 0.05) is 4.47 Å². The highest BCUT2D eigenvalue weighted by Gasteiger charge is 2.05. The number of hydrogen-bond acceptors (Lipinski definition) is 4. The van der Waals surface area contributed by atoms with Crippen LogP contribution in [0.2, 0.25) is 0 Å². The van der Waals surface area contributed by atoms with E-state index in [1.54, 1.807) is 0 Å². The molecule has 0 fully saturated rings. The van der Waals surface area contributed by atoms with Gasteiger partial charge in [-0.3, -0.25) is 0 Å². The maximum atomic E-state index is 5.67. The first kappa shape index (κ1) is 11.9. The van der Waals surface area contributed by atoms with Gasteiger partial charge in [-0.2, -0.15) is 0 Å². The Morgan fingerprint density at radius 1 is 1.24 bits per heavy atom. The predicted octanol–water partition coefficient (Wildman–Crippen LogP) is 2.71. The molecule has 17 heavy (non-hydrogen) atoms. The van der Waals surface area contributed by atoms with Gasteiger partial charge in [-0.1, -0.05) is 28.1 Å². The van der Waals surface area contributed by atoms with E-state index in [9.17, 15) is 0 Å². The molecule has 0 radical (unpaired) electrons. The van der Waals surface area contributed by atoms with Crippen LogP contribution in [0.3, 0.4) is 0 Å². The summed E-state index contributed by atoms with van der Waals surface area (Å²) in [7, 11) is 0. The molecule has 0 saturated heterocycles. The van der Waals surface area contributed by atoms with Crippen LogP contribution in [0, 0.1) is 6.92 Å². The number of aromatic nitrogens is 2. The first-order valence-electron chi connectivity index (χ1n) is 5.11. The van der Waals surface area contributed by atoms with E-state index in [-0.39, 0.29) is 0 Å². The molecule has 1 aromatic carbocycles. The fraction of sp³-hybridized carbons (Fsp3) is 0.167. The molecule has 0 amide bonds. The number of nitrogens with two attached hydrogens (primary N) is 1. The van der Waals surface area contributed by atoms with Crippen LogP contribution in [0.15, 0.2) is 35.1 Å². The molecule has 0 bridgehead atoms. The molecule has 0 spiro atoms. The van der Waals surface area contributed by atoms with Gasteiger partial charge in [0.2, 0.25) is 5.88 Å². The number of benzene rings is 1. The molecule has 0 aliphatic carbocycles. The van der Waals surface area contributed by atoms with Crippen LogP contribution in [0.5, 0.6) is 5.88 Å². The number of ether oxygens (including phenoxy) is 1. The quantitative estimate of drug-likeness (QED) is 0.945. The van der Waals surface area contributed by atoms with E-state index in [0.717, 1.165) is 15.6 Å². The van der Waals surface area contributed by atoms with Crippen LogP contribution >= 0.6 is 15.9 Å². The van der Waals surface area contributed by atoms with Crippen LogP contribution in [-0.2, 0) is 6.61 Å². The molecule has 0 atom stereocenters. The Morgan fingerprint density at radius 2 is 1.94 bits per heavy atom. The summed E-state index contributed by atoms with van der Waals surface area (Å²) >= 11 is 3.38. The largest absolute Gasteiger partial charge is 0.472 e. The monoisotopic (exact) mass is 293 g/mol. The lowest BCUT2D eigenvalue weighted by atomic mass is 10.2. The second-order valence-corrected chi connectivity index (χ2v) is 4.52. The summed E-state index contributed by atoms with van der Waals surface area (Å²) in [6.07, 6.45) is 1.40. The van der Waals surface area contributed by atoms with Gasteiger partial charge in [-0.15, -0.1) is 0 Å². The third-order valence-electron chi connectivity index (χ3n) is 2.37. The Bertz CT molecular complexity index is 514. The Labute approximate surface area is 108 Å². The van der Waals surface area contributed by atoms with Crippen molar-refractivity contribution in [3.05, 3.63) is 46.2 Å². The van der Waals surface area contributed by atoms with Gasteiger partial charge in [-0.25, -0.2) is 9.97 Å². The highest BCUT2D eigenvalue weighted by molar-refractivity contribution is 9.10. The van der Waals surface area contributed by atoms with Crippen LogP contribution in [0.1, 0.15) is 11.1 Å². The highest BCUT2D eigenvalue weighted by Crippen LogP contribution is 2.19. The Balaban J connectivity index is 2.07. The van der Waals surface area contributed by atoms with E-state index in [0.29, 0.717) is 18.3 Å². The number of nitrogens with zero attached hydrogens (tertiary/aromatic N) is 2. The molecule has 0 aliphatic heterocycles. The van der Waals surface area contributed by atoms with E-state index in [4.69, 9.17) is 10.5 Å². The molecule has 0 aliphatic rings. The number of hydrogen-bond donors (Lipinski definition) is 1. The molecule has 5 heteroatoms. The standard InChI is InChI=1S/C12H12BrN3O/c1-8-11(14)15-7-16-12(8)17-6-9-2-4-10(13)5-3-9/h2-5,7H,6H2,1H3,(H2,14,15,16). The van der Waals surface area contributed by atoms with Crippen molar-refractivity contribution in [1.82, 2.24) is 9.97 Å². The van der Waals surface area contributed by atoms with Gasteiger partial charge in [0.15, 0.2) is 0 Å². The van der Waals surface area contributed by atoms with Crippen molar-refractivity contribution in [3.8, 4) is 5.88 Å². The van der Waals surface area contributed by atoms with Gasteiger partial charge in [-0.05, 0) is 24.6 Å². The predicted molar refractivity (Wildman–Crippen MR) is 69.7 cm³/mol. The smallest absolute Gasteiger partial charge is 0.221 e. The lowest BCUT2D eigenvalue weighted by Crippen LogP contribution is -2.02. The first-order chi connectivity index (χ1) is 8.16. The summed E-state index contributed by atoms with van der Waals surface area (Å²) in [5, 5.41) is 0. The molecular formula is C12H12BrN3O. The summed E-state index contributed by atoms with van der Waals surface area (Å²) in [4.78, 5) is 7.94. The number of nitrogen functional groups attached to an aromatic ring is 1. The Morgan fingerprint density at radius 3 is 2.65 bits per heavy atom. The average molecular weight is 294 g/mol. The van der Waals surface area contributed by atoms with Gasteiger partial charge in [0.1, 0.15) is 18.8 Å². The topological polar surface area (TPSA) is 61.0 Å². The normalized spacial score (nSPS) is 10.2. The molecule has 1 heterocycles. The molecule has 2 N–H and O–H groups in total. The zero-order valence-corrected chi connectivity index (χ0v) is 10.9. The minimum Gasteiger partial charge on any atom is -0.472 e. The summed E-state index contributed by atoms with van der Waals surface area (Å²) in [6, 6.07) is 7.92. The molecule has 0 unspecified atom stereocenters. The Kier molecular flexibility index (Phi) is 3.58. The lowest BCUT2D eigenvalue weighted by Gasteiger charge is -2.08. The molecular weight excluding hydrogens is 282 g/mol. The highest BCUT2D eigenvalue weighted by atomic mass is 79.9. The van der Waals surface area contributed by atoms with Crippen LogP contribution in [-0.4, -0.2) is 9.97 Å².